The zero-order chi connectivity index (χ0) is 19.6. The van der Waals surface area contributed by atoms with E-state index in [9.17, 15) is 4.79 Å². The molecule has 2 saturated heterocycles. The van der Waals surface area contributed by atoms with Crippen LogP contribution in [-0.2, 0) is 4.74 Å². The number of piperazine rings is 1. The van der Waals surface area contributed by atoms with Crippen LogP contribution in [-0.4, -0.2) is 71.0 Å². The maximum atomic E-state index is 13.8. The lowest BCUT2D eigenvalue weighted by molar-refractivity contribution is -0.128. The Labute approximate surface area is 169 Å². The Morgan fingerprint density at radius 2 is 1.89 bits per heavy atom. The van der Waals surface area contributed by atoms with Gasteiger partial charge in [0.25, 0.3) is 0 Å². The molecule has 4 rings (SSSR count). The zero-order valence-electron chi connectivity index (χ0n) is 17.5. The SMILES string of the molecule is CC(C)CN1CCN(C2(C(=O)c3ccccn3)CCOC3(CCCC3)C2)CC1. The highest BCUT2D eigenvalue weighted by atomic mass is 16.5. The van der Waals surface area contributed by atoms with Crippen molar-refractivity contribution < 1.29 is 9.53 Å². The number of rotatable bonds is 5. The Bertz CT molecular complexity index is 664. The van der Waals surface area contributed by atoms with Crippen molar-refractivity contribution in [3.8, 4) is 0 Å². The maximum absolute atomic E-state index is 13.8. The van der Waals surface area contributed by atoms with E-state index in [4.69, 9.17) is 4.74 Å². The van der Waals surface area contributed by atoms with Crippen molar-refractivity contribution in [2.45, 2.75) is 63.5 Å². The molecule has 3 aliphatic rings. The summed E-state index contributed by atoms with van der Waals surface area (Å²) in [6, 6.07) is 5.70. The van der Waals surface area contributed by atoms with Crippen LogP contribution in [0.5, 0.6) is 0 Å². The van der Waals surface area contributed by atoms with Gasteiger partial charge in [-0.05, 0) is 37.3 Å². The molecule has 1 aliphatic carbocycles. The number of hydrogen-bond donors (Lipinski definition) is 0. The van der Waals surface area contributed by atoms with Gasteiger partial charge in [0.1, 0.15) is 5.69 Å². The van der Waals surface area contributed by atoms with Crippen LogP contribution in [0.15, 0.2) is 24.4 Å². The van der Waals surface area contributed by atoms with E-state index in [-0.39, 0.29) is 11.4 Å². The summed E-state index contributed by atoms with van der Waals surface area (Å²) in [6.07, 6.45) is 7.99. The quantitative estimate of drug-likeness (QED) is 0.727. The van der Waals surface area contributed by atoms with Crippen molar-refractivity contribution in [2.75, 3.05) is 39.3 Å². The molecule has 0 bridgehead atoms. The summed E-state index contributed by atoms with van der Waals surface area (Å²) >= 11 is 0. The second-order valence-corrected chi connectivity index (χ2v) is 9.42. The number of nitrogens with zero attached hydrogens (tertiary/aromatic N) is 3. The first-order chi connectivity index (χ1) is 13.5. The van der Waals surface area contributed by atoms with Crippen molar-refractivity contribution in [1.29, 1.82) is 0 Å². The standard InChI is InChI=1S/C23H35N3O2/c1-19(2)17-25-12-14-26(15-13-25)23(21(27)20-7-3-6-11-24-20)10-16-28-22(18-23)8-4-5-9-22/h3,6-7,11,19H,4-5,8-10,12-18H2,1-2H3. The Morgan fingerprint density at radius 1 is 1.14 bits per heavy atom. The van der Waals surface area contributed by atoms with Gasteiger partial charge in [-0.1, -0.05) is 32.8 Å². The fourth-order valence-corrected chi connectivity index (χ4v) is 5.67. The van der Waals surface area contributed by atoms with Crippen molar-refractivity contribution in [1.82, 2.24) is 14.8 Å². The number of hydrogen-bond acceptors (Lipinski definition) is 5. The highest BCUT2D eigenvalue weighted by Gasteiger charge is 2.54. The van der Waals surface area contributed by atoms with E-state index in [1.165, 1.54) is 12.8 Å². The second-order valence-electron chi connectivity index (χ2n) is 9.42. The molecule has 3 fully saturated rings. The molecule has 1 aromatic heterocycles. The molecule has 0 N–H and O–H groups in total. The summed E-state index contributed by atoms with van der Waals surface area (Å²) in [6.45, 7) is 10.4. The molecule has 5 nitrogen and oxygen atoms in total. The van der Waals surface area contributed by atoms with Crippen LogP contribution in [0.2, 0.25) is 0 Å². The third-order valence-electron chi connectivity index (χ3n) is 6.97. The Balaban J connectivity index is 1.60. The fourth-order valence-electron chi connectivity index (χ4n) is 5.67. The van der Waals surface area contributed by atoms with Crippen LogP contribution in [0.4, 0.5) is 0 Å². The van der Waals surface area contributed by atoms with Gasteiger partial charge in [-0.3, -0.25) is 14.7 Å². The van der Waals surface area contributed by atoms with Gasteiger partial charge in [-0.2, -0.15) is 0 Å². The molecule has 1 unspecified atom stereocenters. The molecule has 1 atom stereocenters. The van der Waals surface area contributed by atoms with Crippen molar-refractivity contribution in [3.05, 3.63) is 30.1 Å². The highest BCUT2D eigenvalue weighted by molar-refractivity contribution is 6.02. The molecular formula is C23H35N3O2. The zero-order valence-corrected chi connectivity index (χ0v) is 17.5. The van der Waals surface area contributed by atoms with E-state index in [0.29, 0.717) is 18.2 Å². The summed E-state index contributed by atoms with van der Waals surface area (Å²) in [5.41, 5.74) is 0.0562. The van der Waals surface area contributed by atoms with E-state index in [2.05, 4.69) is 28.6 Å². The van der Waals surface area contributed by atoms with Gasteiger partial charge in [0.05, 0.1) is 11.1 Å². The maximum Gasteiger partial charge on any atom is 0.201 e. The van der Waals surface area contributed by atoms with Crippen LogP contribution in [0, 0.1) is 5.92 Å². The Kier molecular flexibility index (Phi) is 5.86. The predicted octanol–water partition coefficient (Wildman–Crippen LogP) is 3.40. The van der Waals surface area contributed by atoms with E-state index in [1.807, 2.05) is 18.2 Å². The highest BCUT2D eigenvalue weighted by Crippen LogP contribution is 2.47. The average Bonchev–Trinajstić information content (AvgIpc) is 3.15. The lowest BCUT2D eigenvalue weighted by atomic mass is 9.73. The van der Waals surface area contributed by atoms with Gasteiger partial charge in [0.15, 0.2) is 0 Å². The van der Waals surface area contributed by atoms with Gasteiger partial charge in [-0.15, -0.1) is 0 Å². The smallest absolute Gasteiger partial charge is 0.201 e. The van der Waals surface area contributed by atoms with Crippen LogP contribution in [0.3, 0.4) is 0 Å². The van der Waals surface area contributed by atoms with Crippen LogP contribution < -0.4 is 0 Å². The van der Waals surface area contributed by atoms with E-state index < -0.39 is 5.54 Å². The first kappa shape index (κ1) is 20.0. The normalized spacial score (nSPS) is 28.8. The molecule has 1 saturated carbocycles. The van der Waals surface area contributed by atoms with Gasteiger partial charge >= 0.3 is 0 Å². The van der Waals surface area contributed by atoms with Crippen molar-refractivity contribution in [3.63, 3.8) is 0 Å². The fraction of sp³-hybridized carbons (Fsp3) is 0.739. The molecule has 28 heavy (non-hydrogen) atoms. The number of Topliss-reactive ketones (excluding diaryl/α,β-unsaturated/α-hetero) is 1. The second kappa shape index (κ2) is 8.21. The van der Waals surface area contributed by atoms with E-state index in [0.717, 1.165) is 58.4 Å². The number of carbonyl (C=O) groups excluding carboxylic acids is 1. The molecule has 2 aliphatic heterocycles. The molecule has 0 amide bonds. The van der Waals surface area contributed by atoms with Gasteiger partial charge in [0, 0.05) is 51.9 Å². The molecule has 5 heteroatoms. The number of aromatic nitrogens is 1. The summed E-state index contributed by atoms with van der Waals surface area (Å²) in [5, 5.41) is 0. The molecule has 3 heterocycles. The number of pyridine rings is 1. The monoisotopic (exact) mass is 385 g/mol. The first-order valence-corrected chi connectivity index (χ1v) is 11.1. The molecular weight excluding hydrogens is 350 g/mol. The Morgan fingerprint density at radius 3 is 2.54 bits per heavy atom. The van der Waals surface area contributed by atoms with Gasteiger partial charge < -0.3 is 9.64 Å². The van der Waals surface area contributed by atoms with Crippen molar-refractivity contribution >= 4 is 5.78 Å². The van der Waals surface area contributed by atoms with Gasteiger partial charge in [0.2, 0.25) is 5.78 Å². The summed E-state index contributed by atoms with van der Waals surface area (Å²) in [4.78, 5) is 23.3. The minimum absolute atomic E-state index is 0.0994. The number of carbonyl (C=O) groups is 1. The number of ether oxygens (including phenoxy) is 1. The van der Waals surface area contributed by atoms with Crippen LogP contribution >= 0.6 is 0 Å². The van der Waals surface area contributed by atoms with E-state index in [1.54, 1.807) is 6.20 Å². The first-order valence-electron chi connectivity index (χ1n) is 11.1. The third kappa shape index (κ3) is 3.89. The minimum atomic E-state index is -0.457. The largest absolute Gasteiger partial charge is 0.375 e. The van der Waals surface area contributed by atoms with E-state index >= 15 is 0 Å². The Hall–Kier alpha value is -1.30. The van der Waals surface area contributed by atoms with Gasteiger partial charge in [-0.25, -0.2) is 0 Å². The summed E-state index contributed by atoms with van der Waals surface area (Å²) in [7, 11) is 0. The third-order valence-corrected chi connectivity index (χ3v) is 6.97. The number of ketones is 1. The summed E-state index contributed by atoms with van der Waals surface area (Å²) < 4.78 is 6.32. The van der Waals surface area contributed by atoms with Crippen LogP contribution in [0.1, 0.15) is 62.9 Å². The van der Waals surface area contributed by atoms with Crippen molar-refractivity contribution in [2.24, 2.45) is 5.92 Å². The average molecular weight is 386 g/mol. The molecule has 1 aromatic rings. The topological polar surface area (TPSA) is 45.7 Å². The lowest BCUT2D eigenvalue weighted by Gasteiger charge is -2.53. The predicted molar refractivity (Wildman–Crippen MR) is 111 cm³/mol. The minimum Gasteiger partial charge on any atom is -0.375 e. The molecule has 1 spiro atoms. The molecule has 154 valence electrons. The lowest BCUT2D eigenvalue weighted by Crippen LogP contribution is -2.65. The summed E-state index contributed by atoms with van der Waals surface area (Å²) in [5.74, 6) is 0.889. The molecule has 0 radical (unpaired) electrons. The molecule has 0 aromatic carbocycles. The van der Waals surface area contributed by atoms with Crippen LogP contribution in [0.25, 0.3) is 0 Å².